The summed E-state index contributed by atoms with van der Waals surface area (Å²) >= 11 is 0. The summed E-state index contributed by atoms with van der Waals surface area (Å²) in [7, 11) is 0. The third kappa shape index (κ3) is 12.4. The average molecular weight is 521 g/mol. The Morgan fingerprint density at radius 3 is 1.76 bits per heavy atom. The molecule has 206 valence electrons. The number of carbonyl (C=O) groups excluding carboxylic acids is 4. The van der Waals surface area contributed by atoms with Crippen molar-refractivity contribution in [2.24, 2.45) is 10.8 Å². The molecule has 0 fully saturated rings. The first kappa shape index (κ1) is 31.1. The van der Waals surface area contributed by atoms with Crippen LogP contribution in [0, 0.1) is 10.8 Å². The lowest BCUT2D eigenvalue weighted by molar-refractivity contribution is -0.147. The van der Waals surface area contributed by atoms with Gasteiger partial charge in [0.15, 0.2) is 0 Å². The fourth-order valence-corrected chi connectivity index (χ4v) is 4.31. The Labute approximate surface area is 228 Å². The minimum atomic E-state index is -0.534. The molecule has 2 aromatic rings. The van der Waals surface area contributed by atoms with Crippen LogP contribution < -0.4 is 0 Å². The molecule has 0 aliphatic heterocycles. The standard InChI is InChI=1S/C33H44O5/c1-32(2,24-31(37)38-25-27-14-9-6-10-15-27)22-20-28(34)16-11-17-29(35)21-23-33(3,4)30(36)19-18-26-12-7-5-8-13-26/h5-10,12-15H,11,16-25H2,1-4H3. The minimum absolute atomic E-state index is 0.100. The second kappa shape index (κ2) is 15.4. The van der Waals surface area contributed by atoms with Crippen LogP contribution in [0.1, 0.15) is 96.6 Å². The lowest BCUT2D eigenvalue weighted by atomic mass is 9.80. The summed E-state index contributed by atoms with van der Waals surface area (Å²) in [6.07, 6.45) is 4.56. The second-order valence-corrected chi connectivity index (χ2v) is 11.7. The van der Waals surface area contributed by atoms with Crippen molar-refractivity contribution in [2.45, 2.75) is 98.5 Å². The van der Waals surface area contributed by atoms with Gasteiger partial charge in [0, 0.05) is 37.5 Å². The molecule has 0 aliphatic rings. The van der Waals surface area contributed by atoms with Crippen molar-refractivity contribution in [1.29, 1.82) is 0 Å². The van der Waals surface area contributed by atoms with Crippen molar-refractivity contribution in [2.75, 3.05) is 0 Å². The summed E-state index contributed by atoms with van der Waals surface area (Å²) in [5.74, 6) is 0.123. The van der Waals surface area contributed by atoms with E-state index in [9.17, 15) is 19.2 Å². The molecule has 0 radical (unpaired) electrons. The van der Waals surface area contributed by atoms with Gasteiger partial charge in [-0.25, -0.2) is 0 Å². The van der Waals surface area contributed by atoms with E-state index in [1.807, 2.05) is 88.4 Å². The molecular weight excluding hydrogens is 476 g/mol. The maximum atomic E-state index is 12.7. The van der Waals surface area contributed by atoms with Gasteiger partial charge in [-0.05, 0) is 42.2 Å². The molecule has 0 bridgehead atoms. The normalized spacial score (nSPS) is 11.7. The molecule has 0 saturated heterocycles. The van der Waals surface area contributed by atoms with Crippen molar-refractivity contribution in [3.63, 3.8) is 0 Å². The summed E-state index contributed by atoms with van der Waals surface area (Å²) in [6, 6.07) is 19.5. The third-order valence-corrected chi connectivity index (χ3v) is 7.12. The molecular formula is C33H44O5. The first-order chi connectivity index (χ1) is 18.0. The van der Waals surface area contributed by atoms with E-state index in [2.05, 4.69) is 0 Å². The van der Waals surface area contributed by atoms with Crippen molar-refractivity contribution >= 4 is 23.3 Å². The van der Waals surface area contributed by atoms with Gasteiger partial charge in [0.2, 0.25) is 0 Å². The van der Waals surface area contributed by atoms with Crippen LogP contribution in [0.25, 0.3) is 0 Å². The van der Waals surface area contributed by atoms with Crippen molar-refractivity contribution in [1.82, 2.24) is 0 Å². The first-order valence-corrected chi connectivity index (χ1v) is 13.8. The zero-order valence-corrected chi connectivity index (χ0v) is 23.6. The van der Waals surface area contributed by atoms with Gasteiger partial charge in [0.25, 0.3) is 0 Å². The second-order valence-electron chi connectivity index (χ2n) is 11.7. The van der Waals surface area contributed by atoms with Gasteiger partial charge in [0.05, 0.1) is 6.42 Å². The summed E-state index contributed by atoms with van der Waals surface area (Å²) in [6.45, 7) is 8.02. The van der Waals surface area contributed by atoms with Gasteiger partial charge in [-0.1, -0.05) is 88.4 Å². The molecule has 0 saturated carbocycles. The highest BCUT2D eigenvalue weighted by Gasteiger charge is 2.27. The number of Topliss-reactive ketones (excluding diaryl/α,β-unsaturated/α-hetero) is 3. The monoisotopic (exact) mass is 520 g/mol. The molecule has 0 aromatic heterocycles. The molecule has 5 heteroatoms. The van der Waals surface area contributed by atoms with E-state index < -0.39 is 5.41 Å². The van der Waals surface area contributed by atoms with Crippen LogP contribution in [-0.4, -0.2) is 23.3 Å². The molecule has 0 aliphatic carbocycles. The van der Waals surface area contributed by atoms with Crippen LogP contribution >= 0.6 is 0 Å². The van der Waals surface area contributed by atoms with Gasteiger partial charge in [-0.2, -0.15) is 0 Å². The topological polar surface area (TPSA) is 77.5 Å². The largest absolute Gasteiger partial charge is 0.461 e. The van der Waals surface area contributed by atoms with E-state index in [-0.39, 0.29) is 41.8 Å². The van der Waals surface area contributed by atoms with Gasteiger partial charge in [0.1, 0.15) is 24.0 Å². The summed E-state index contributed by atoms with van der Waals surface area (Å²) < 4.78 is 5.37. The van der Waals surface area contributed by atoms with E-state index in [0.717, 1.165) is 11.1 Å². The number of esters is 1. The molecule has 0 N–H and O–H groups in total. The number of ketones is 3. The van der Waals surface area contributed by atoms with E-state index in [4.69, 9.17) is 4.74 Å². The minimum Gasteiger partial charge on any atom is -0.461 e. The van der Waals surface area contributed by atoms with Crippen LogP contribution in [0.2, 0.25) is 0 Å². The van der Waals surface area contributed by atoms with Crippen molar-refractivity contribution in [3.05, 3.63) is 71.8 Å². The SMILES string of the molecule is CC(C)(CCC(=O)CCCC(=O)CCC(C)(C)C(=O)CCc1ccccc1)CC(=O)OCc1ccccc1. The number of hydrogen-bond donors (Lipinski definition) is 0. The highest BCUT2D eigenvalue weighted by molar-refractivity contribution is 5.86. The third-order valence-electron chi connectivity index (χ3n) is 7.12. The van der Waals surface area contributed by atoms with Crippen LogP contribution in [0.3, 0.4) is 0 Å². The Kier molecular flexibility index (Phi) is 12.6. The predicted octanol–water partition coefficient (Wildman–Crippen LogP) is 7.24. The Bertz CT molecular complexity index is 1040. The number of aryl methyl sites for hydroxylation is 1. The van der Waals surface area contributed by atoms with Crippen molar-refractivity contribution in [3.8, 4) is 0 Å². The van der Waals surface area contributed by atoms with Crippen LogP contribution in [0.4, 0.5) is 0 Å². The lowest BCUT2D eigenvalue weighted by Gasteiger charge is -2.23. The van der Waals surface area contributed by atoms with Gasteiger partial charge >= 0.3 is 5.97 Å². The highest BCUT2D eigenvalue weighted by Crippen LogP contribution is 2.29. The quantitative estimate of drug-likeness (QED) is 0.194. The zero-order valence-electron chi connectivity index (χ0n) is 23.6. The summed E-state index contributed by atoms with van der Waals surface area (Å²) in [4.78, 5) is 49.7. The van der Waals surface area contributed by atoms with Crippen molar-refractivity contribution < 1.29 is 23.9 Å². The molecule has 0 amide bonds. The predicted molar refractivity (Wildman–Crippen MR) is 151 cm³/mol. The van der Waals surface area contributed by atoms with E-state index in [1.165, 1.54) is 0 Å². The zero-order chi connectivity index (χ0) is 28.0. The molecule has 0 unspecified atom stereocenters. The summed E-state index contributed by atoms with van der Waals surface area (Å²) in [5.41, 5.74) is 1.22. The van der Waals surface area contributed by atoms with Gasteiger partial charge in [-0.3, -0.25) is 19.2 Å². The number of benzene rings is 2. The van der Waals surface area contributed by atoms with Crippen LogP contribution in [0.15, 0.2) is 60.7 Å². The maximum absolute atomic E-state index is 12.7. The molecule has 38 heavy (non-hydrogen) atoms. The molecule has 0 heterocycles. The number of carbonyl (C=O) groups is 4. The van der Waals surface area contributed by atoms with Gasteiger partial charge in [-0.15, -0.1) is 0 Å². The fraction of sp³-hybridized carbons (Fsp3) is 0.515. The Balaban J connectivity index is 1.60. The Hall–Kier alpha value is -3.08. The molecule has 0 spiro atoms. The summed E-state index contributed by atoms with van der Waals surface area (Å²) in [5, 5.41) is 0. The fourth-order valence-electron chi connectivity index (χ4n) is 4.31. The van der Waals surface area contributed by atoms with E-state index in [0.29, 0.717) is 57.8 Å². The lowest BCUT2D eigenvalue weighted by Crippen LogP contribution is -2.25. The number of ether oxygens (including phenoxy) is 1. The van der Waals surface area contributed by atoms with Gasteiger partial charge < -0.3 is 4.74 Å². The average Bonchev–Trinajstić information content (AvgIpc) is 2.89. The highest BCUT2D eigenvalue weighted by atomic mass is 16.5. The molecule has 5 nitrogen and oxygen atoms in total. The number of hydrogen-bond acceptors (Lipinski definition) is 5. The van der Waals surface area contributed by atoms with E-state index >= 15 is 0 Å². The molecule has 0 atom stereocenters. The first-order valence-electron chi connectivity index (χ1n) is 13.8. The van der Waals surface area contributed by atoms with E-state index in [1.54, 1.807) is 0 Å². The molecule has 2 aromatic carbocycles. The Morgan fingerprint density at radius 1 is 0.658 bits per heavy atom. The Morgan fingerprint density at radius 2 is 1.18 bits per heavy atom. The maximum Gasteiger partial charge on any atom is 0.306 e. The smallest absolute Gasteiger partial charge is 0.306 e. The molecule has 2 rings (SSSR count). The van der Waals surface area contributed by atoms with Crippen LogP contribution in [0.5, 0.6) is 0 Å². The van der Waals surface area contributed by atoms with Crippen LogP contribution in [-0.2, 0) is 36.9 Å². The number of rotatable bonds is 18.